The Morgan fingerprint density at radius 2 is 2.45 bits per heavy atom. The molecule has 64 valence electrons. The molecule has 11 heavy (non-hydrogen) atoms. The predicted molar refractivity (Wildman–Crippen MR) is 41.3 cm³/mol. The predicted octanol–water partition coefficient (Wildman–Crippen LogP) is -0.507. The standard InChI is InChI=1S/C7H14N2O2/c1-5(7(10)11)9-3-2-6(8)4-9/h5-6H,2-4,8H2,1H3,(H,10,11)/t5?,6-/m0/s1. The van der Waals surface area contributed by atoms with Gasteiger partial charge in [-0.1, -0.05) is 0 Å². The average molecular weight is 158 g/mol. The zero-order valence-electron chi connectivity index (χ0n) is 6.66. The Hall–Kier alpha value is -0.610. The number of rotatable bonds is 2. The molecule has 1 heterocycles. The van der Waals surface area contributed by atoms with Crippen LogP contribution in [0.5, 0.6) is 0 Å². The molecule has 0 amide bonds. The fourth-order valence-electron chi connectivity index (χ4n) is 1.32. The van der Waals surface area contributed by atoms with Gasteiger partial charge < -0.3 is 10.8 Å². The Balaban J connectivity index is 2.43. The maximum atomic E-state index is 10.5. The molecule has 1 unspecified atom stereocenters. The van der Waals surface area contributed by atoms with E-state index in [1.54, 1.807) is 6.92 Å². The molecule has 0 aromatic heterocycles. The topological polar surface area (TPSA) is 66.6 Å². The molecule has 0 aromatic rings. The highest BCUT2D eigenvalue weighted by Gasteiger charge is 2.26. The van der Waals surface area contributed by atoms with Gasteiger partial charge in [-0.3, -0.25) is 9.69 Å². The van der Waals surface area contributed by atoms with Crippen LogP contribution >= 0.6 is 0 Å². The third-order valence-electron chi connectivity index (χ3n) is 2.16. The normalized spacial score (nSPS) is 28.7. The second-order valence-electron chi connectivity index (χ2n) is 3.06. The van der Waals surface area contributed by atoms with Gasteiger partial charge in [-0.2, -0.15) is 0 Å². The summed E-state index contributed by atoms with van der Waals surface area (Å²) in [6, 6.07) is -0.222. The Labute approximate surface area is 66.0 Å². The van der Waals surface area contributed by atoms with E-state index in [2.05, 4.69) is 0 Å². The highest BCUT2D eigenvalue weighted by atomic mass is 16.4. The summed E-state index contributed by atoms with van der Waals surface area (Å²) in [6.07, 6.45) is 0.914. The molecule has 1 aliphatic rings. The minimum absolute atomic E-state index is 0.164. The molecule has 0 spiro atoms. The zero-order chi connectivity index (χ0) is 8.43. The summed E-state index contributed by atoms with van der Waals surface area (Å²) in [4.78, 5) is 12.4. The molecule has 4 nitrogen and oxygen atoms in total. The van der Waals surface area contributed by atoms with Gasteiger partial charge in [-0.05, 0) is 13.3 Å². The van der Waals surface area contributed by atoms with Crippen molar-refractivity contribution in [3.63, 3.8) is 0 Å². The van der Waals surface area contributed by atoms with Gasteiger partial charge in [-0.15, -0.1) is 0 Å². The number of hydrogen-bond acceptors (Lipinski definition) is 3. The van der Waals surface area contributed by atoms with Gasteiger partial charge in [0.15, 0.2) is 0 Å². The van der Waals surface area contributed by atoms with Crippen LogP contribution < -0.4 is 5.73 Å². The molecule has 0 aliphatic carbocycles. The first-order valence-corrected chi connectivity index (χ1v) is 3.83. The molecule has 0 radical (unpaired) electrons. The lowest BCUT2D eigenvalue weighted by Crippen LogP contribution is -2.38. The van der Waals surface area contributed by atoms with Crippen molar-refractivity contribution >= 4 is 5.97 Å². The van der Waals surface area contributed by atoms with Crippen LogP contribution in [-0.4, -0.2) is 41.1 Å². The third-order valence-corrected chi connectivity index (χ3v) is 2.16. The molecule has 2 atom stereocenters. The lowest BCUT2D eigenvalue weighted by atomic mass is 10.3. The SMILES string of the molecule is CC(C(=O)O)N1CC[C@H](N)C1. The first-order valence-electron chi connectivity index (χ1n) is 3.83. The van der Waals surface area contributed by atoms with Crippen LogP contribution in [0.3, 0.4) is 0 Å². The molecule has 3 N–H and O–H groups in total. The van der Waals surface area contributed by atoms with E-state index in [-0.39, 0.29) is 12.1 Å². The fraction of sp³-hybridized carbons (Fsp3) is 0.857. The highest BCUT2D eigenvalue weighted by molar-refractivity contribution is 5.72. The van der Waals surface area contributed by atoms with Gasteiger partial charge in [0.25, 0.3) is 0 Å². The molecule has 1 fully saturated rings. The molecule has 0 aromatic carbocycles. The molecule has 0 saturated carbocycles. The number of nitrogens with zero attached hydrogens (tertiary/aromatic N) is 1. The molecule has 1 aliphatic heterocycles. The van der Waals surface area contributed by atoms with Crippen molar-refractivity contribution in [3.05, 3.63) is 0 Å². The van der Waals surface area contributed by atoms with Crippen molar-refractivity contribution in [2.75, 3.05) is 13.1 Å². The summed E-state index contributed by atoms with van der Waals surface area (Å²) >= 11 is 0. The summed E-state index contributed by atoms with van der Waals surface area (Å²) in [5.74, 6) is -0.765. The van der Waals surface area contributed by atoms with Crippen LogP contribution in [0.25, 0.3) is 0 Å². The molecule has 0 bridgehead atoms. The molecular weight excluding hydrogens is 144 g/mol. The zero-order valence-corrected chi connectivity index (χ0v) is 6.66. The monoisotopic (exact) mass is 158 g/mol. The van der Waals surface area contributed by atoms with E-state index in [0.29, 0.717) is 6.54 Å². The Morgan fingerprint density at radius 1 is 1.82 bits per heavy atom. The largest absolute Gasteiger partial charge is 0.480 e. The van der Waals surface area contributed by atoms with Crippen molar-refractivity contribution in [1.29, 1.82) is 0 Å². The van der Waals surface area contributed by atoms with Gasteiger partial charge >= 0.3 is 5.97 Å². The first-order chi connectivity index (χ1) is 5.11. The lowest BCUT2D eigenvalue weighted by Gasteiger charge is -2.19. The second-order valence-corrected chi connectivity index (χ2v) is 3.06. The van der Waals surface area contributed by atoms with E-state index in [1.165, 1.54) is 0 Å². The quantitative estimate of drug-likeness (QED) is 0.568. The van der Waals surface area contributed by atoms with Crippen molar-refractivity contribution in [3.8, 4) is 0 Å². The van der Waals surface area contributed by atoms with E-state index < -0.39 is 5.97 Å². The Morgan fingerprint density at radius 3 is 2.82 bits per heavy atom. The summed E-state index contributed by atoms with van der Waals surface area (Å²) in [6.45, 7) is 3.22. The van der Waals surface area contributed by atoms with Crippen LogP contribution in [0.2, 0.25) is 0 Å². The van der Waals surface area contributed by atoms with Crippen LogP contribution in [0, 0.1) is 0 Å². The number of carboxylic acid groups (broad SMARTS) is 1. The van der Waals surface area contributed by atoms with Crippen LogP contribution in [0.4, 0.5) is 0 Å². The van der Waals surface area contributed by atoms with E-state index in [1.807, 2.05) is 4.90 Å². The van der Waals surface area contributed by atoms with Crippen LogP contribution in [-0.2, 0) is 4.79 Å². The van der Waals surface area contributed by atoms with Gasteiger partial charge in [0.05, 0.1) is 0 Å². The molecule has 1 saturated heterocycles. The Kier molecular flexibility index (Phi) is 2.46. The molecular formula is C7H14N2O2. The average Bonchev–Trinajstić information content (AvgIpc) is 2.34. The van der Waals surface area contributed by atoms with Crippen LogP contribution in [0.1, 0.15) is 13.3 Å². The number of hydrogen-bond donors (Lipinski definition) is 2. The van der Waals surface area contributed by atoms with Crippen molar-refractivity contribution in [1.82, 2.24) is 4.90 Å². The van der Waals surface area contributed by atoms with Crippen molar-refractivity contribution < 1.29 is 9.90 Å². The Bertz CT molecular complexity index is 161. The summed E-state index contributed by atoms with van der Waals surface area (Å²) < 4.78 is 0. The maximum Gasteiger partial charge on any atom is 0.320 e. The van der Waals surface area contributed by atoms with Gasteiger partial charge in [0.2, 0.25) is 0 Å². The van der Waals surface area contributed by atoms with Crippen molar-refractivity contribution in [2.24, 2.45) is 5.73 Å². The number of likely N-dealkylation sites (tertiary alicyclic amines) is 1. The van der Waals surface area contributed by atoms with E-state index >= 15 is 0 Å². The van der Waals surface area contributed by atoms with Crippen LogP contribution in [0.15, 0.2) is 0 Å². The number of carboxylic acids is 1. The summed E-state index contributed by atoms with van der Waals surface area (Å²) in [7, 11) is 0. The highest BCUT2D eigenvalue weighted by Crippen LogP contribution is 2.10. The number of carbonyl (C=O) groups is 1. The van der Waals surface area contributed by atoms with Gasteiger partial charge in [-0.25, -0.2) is 0 Å². The minimum Gasteiger partial charge on any atom is -0.480 e. The van der Waals surface area contributed by atoms with E-state index in [0.717, 1.165) is 13.0 Å². The third kappa shape index (κ3) is 1.91. The van der Waals surface area contributed by atoms with Gasteiger partial charge in [0, 0.05) is 19.1 Å². The fourth-order valence-corrected chi connectivity index (χ4v) is 1.32. The smallest absolute Gasteiger partial charge is 0.320 e. The van der Waals surface area contributed by atoms with Gasteiger partial charge in [0.1, 0.15) is 6.04 Å². The number of aliphatic carboxylic acids is 1. The van der Waals surface area contributed by atoms with Crippen molar-refractivity contribution in [2.45, 2.75) is 25.4 Å². The van der Waals surface area contributed by atoms with E-state index in [4.69, 9.17) is 10.8 Å². The lowest BCUT2D eigenvalue weighted by molar-refractivity contribution is -0.142. The van der Waals surface area contributed by atoms with E-state index in [9.17, 15) is 4.79 Å². The minimum atomic E-state index is -0.765. The number of nitrogens with two attached hydrogens (primary N) is 1. The molecule has 4 heteroatoms. The summed E-state index contributed by atoms with van der Waals surface area (Å²) in [5, 5.41) is 8.65. The second kappa shape index (κ2) is 3.19. The first kappa shape index (κ1) is 8.49. The maximum absolute atomic E-state index is 10.5. The molecule has 1 rings (SSSR count). The summed E-state index contributed by atoms with van der Waals surface area (Å²) in [5.41, 5.74) is 5.63.